The number of likely N-dealkylation sites (N-methyl/N-ethyl adjacent to an activating group) is 1. The van der Waals surface area contributed by atoms with Crippen LogP contribution in [-0.4, -0.2) is 54.5 Å². The van der Waals surface area contributed by atoms with Gasteiger partial charge < -0.3 is 10.6 Å². The highest BCUT2D eigenvalue weighted by Crippen LogP contribution is 2.19. The van der Waals surface area contributed by atoms with Gasteiger partial charge in [-0.05, 0) is 46.6 Å². The normalized spacial score (nSPS) is 20.1. The van der Waals surface area contributed by atoms with E-state index in [1.54, 1.807) is 0 Å². The summed E-state index contributed by atoms with van der Waals surface area (Å²) >= 11 is 0. The summed E-state index contributed by atoms with van der Waals surface area (Å²) in [5, 5.41) is 0. The second-order valence-corrected chi connectivity index (χ2v) is 5.59. The average molecular weight is 241 g/mol. The quantitative estimate of drug-likeness (QED) is 0.796. The minimum absolute atomic E-state index is 0.254. The van der Waals surface area contributed by atoms with Crippen molar-refractivity contribution in [2.75, 3.05) is 26.7 Å². The van der Waals surface area contributed by atoms with E-state index >= 15 is 0 Å². The van der Waals surface area contributed by atoms with Crippen LogP contribution in [0.2, 0.25) is 0 Å². The van der Waals surface area contributed by atoms with Crippen LogP contribution in [0.3, 0.4) is 0 Å². The van der Waals surface area contributed by atoms with Crippen LogP contribution in [0.25, 0.3) is 0 Å². The molecule has 0 aromatic rings. The molecule has 1 atom stereocenters. The molecule has 100 valence electrons. The molecular weight excluding hydrogens is 214 g/mol. The maximum Gasteiger partial charge on any atom is 0.236 e. The summed E-state index contributed by atoms with van der Waals surface area (Å²) in [6.07, 6.45) is 2.10. The highest BCUT2D eigenvalue weighted by atomic mass is 16.2. The van der Waals surface area contributed by atoms with Crippen molar-refractivity contribution in [2.45, 2.75) is 45.7 Å². The summed E-state index contributed by atoms with van der Waals surface area (Å²) < 4.78 is 0. The van der Waals surface area contributed by atoms with Crippen LogP contribution < -0.4 is 5.73 Å². The van der Waals surface area contributed by atoms with Gasteiger partial charge in [-0.1, -0.05) is 0 Å². The molecule has 1 unspecified atom stereocenters. The molecule has 1 amide bonds. The van der Waals surface area contributed by atoms with E-state index in [9.17, 15) is 4.79 Å². The number of amides is 1. The summed E-state index contributed by atoms with van der Waals surface area (Å²) in [5.74, 6) is 0.839. The Balaban J connectivity index is 2.36. The monoisotopic (exact) mass is 241 g/mol. The van der Waals surface area contributed by atoms with E-state index in [1.165, 1.54) is 0 Å². The van der Waals surface area contributed by atoms with Crippen molar-refractivity contribution >= 4 is 5.91 Å². The number of carbonyl (C=O) groups excluding carboxylic acids is 1. The lowest BCUT2D eigenvalue weighted by molar-refractivity contribution is -0.134. The molecule has 1 aliphatic heterocycles. The van der Waals surface area contributed by atoms with Gasteiger partial charge in [0.05, 0.1) is 6.54 Å². The van der Waals surface area contributed by atoms with Crippen LogP contribution in [-0.2, 0) is 4.79 Å². The molecule has 1 rings (SSSR count). The van der Waals surface area contributed by atoms with Gasteiger partial charge in [0.25, 0.3) is 0 Å². The number of likely N-dealkylation sites (tertiary alicyclic amines) is 1. The molecule has 0 aromatic carbocycles. The molecule has 2 N–H and O–H groups in total. The third kappa shape index (κ3) is 4.28. The lowest BCUT2D eigenvalue weighted by Gasteiger charge is -2.35. The Labute approximate surface area is 105 Å². The zero-order chi connectivity index (χ0) is 13.0. The summed E-state index contributed by atoms with van der Waals surface area (Å²) in [7, 11) is 2.00. The summed E-state index contributed by atoms with van der Waals surface area (Å²) in [6.45, 7) is 8.55. The third-order valence-electron chi connectivity index (χ3n) is 3.90. The van der Waals surface area contributed by atoms with E-state index in [0.717, 1.165) is 25.9 Å². The Kier molecular flexibility index (Phi) is 5.40. The Morgan fingerprint density at radius 1 is 1.35 bits per heavy atom. The van der Waals surface area contributed by atoms with E-state index in [4.69, 9.17) is 5.73 Å². The molecule has 0 bridgehead atoms. The van der Waals surface area contributed by atoms with E-state index < -0.39 is 0 Å². The second-order valence-electron chi connectivity index (χ2n) is 5.59. The molecule has 17 heavy (non-hydrogen) atoms. The number of hydrogen-bond acceptors (Lipinski definition) is 3. The van der Waals surface area contributed by atoms with Gasteiger partial charge in [-0.15, -0.1) is 0 Å². The van der Waals surface area contributed by atoms with Crippen LogP contribution in [0.4, 0.5) is 0 Å². The molecule has 4 nitrogen and oxygen atoms in total. The third-order valence-corrected chi connectivity index (χ3v) is 3.90. The number of hydrogen-bond donors (Lipinski definition) is 1. The lowest BCUT2D eigenvalue weighted by atomic mass is 9.91. The van der Waals surface area contributed by atoms with Gasteiger partial charge >= 0.3 is 0 Å². The first kappa shape index (κ1) is 14.5. The summed E-state index contributed by atoms with van der Waals surface area (Å²) in [5.41, 5.74) is 5.90. The van der Waals surface area contributed by atoms with Gasteiger partial charge in [-0.2, -0.15) is 0 Å². The first-order valence-corrected chi connectivity index (χ1v) is 6.65. The highest BCUT2D eigenvalue weighted by molar-refractivity contribution is 5.78. The van der Waals surface area contributed by atoms with Gasteiger partial charge in [-0.3, -0.25) is 9.69 Å². The van der Waals surface area contributed by atoms with E-state index in [1.807, 2.05) is 11.9 Å². The molecule has 4 heteroatoms. The molecule has 1 saturated heterocycles. The van der Waals surface area contributed by atoms with Crippen LogP contribution >= 0.6 is 0 Å². The maximum absolute atomic E-state index is 12.0. The van der Waals surface area contributed by atoms with Crippen molar-refractivity contribution in [1.82, 2.24) is 9.80 Å². The second kappa shape index (κ2) is 6.36. The highest BCUT2D eigenvalue weighted by Gasteiger charge is 2.25. The van der Waals surface area contributed by atoms with Crippen molar-refractivity contribution in [3.8, 4) is 0 Å². The fourth-order valence-corrected chi connectivity index (χ4v) is 2.17. The van der Waals surface area contributed by atoms with Gasteiger partial charge in [0, 0.05) is 25.2 Å². The van der Waals surface area contributed by atoms with Crippen molar-refractivity contribution in [3.05, 3.63) is 0 Å². The zero-order valence-corrected chi connectivity index (χ0v) is 11.6. The Bertz CT molecular complexity index is 245. The molecular formula is C13H27N3O. The zero-order valence-electron chi connectivity index (χ0n) is 11.6. The SMILES string of the molecule is CC(N)C1CCN(C(=O)CN(C)C(C)C)CC1. The topological polar surface area (TPSA) is 49.6 Å². The molecule has 0 aliphatic carbocycles. The fourth-order valence-electron chi connectivity index (χ4n) is 2.17. The Hall–Kier alpha value is -0.610. The van der Waals surface area contributed by atoms with Crippen LogP contribution in [0.5, 0.6) is 0 Å². The van der Waals surface area contributed by atoms with Gasteiger partial charge in [-0.25, -0.2) is 0 Å². The Morgan fingerprint density at radius 3 is 2.29 bits per heavy atom. The molecule has 0 saturated carbocycles. The summed E-state index contributed by atoms with van der Waals surface area (Å²) in [4.78, 5) is 16.1. The first-order chi connectivity index (χ1) is 7.91. The van der Waals surface area contributed by atoms with Gasteiger partial charge in [0.2, 0.25) is 5.91 Å². The Morgan fingerprint density at radius 2 is 1.88 bits per heavy atom. The molecule has 0 radical (unpaired) electrons. The summed E-state index contributed by atoms with van der Waals surface area (Å²) in [6, 6.07) is 0.672. The van der Waals surface area contributed by atoms with Gasteiger partial charge in [0.15, 0.2) is 0 Å². The minimum atomic E-state index is 0.254. The smallest absolute Gasteiger partial charge is 0.236 e. The molecule has 0 spiro atoms. The van der Waals surface area contributed by atoms with Crippen molar-refractivity contribution in [1.29, 1.82) is 0 Å². The minimum Gasteiger partial charge on any atom is -0.342 e. The van der Waals surface area contributed by atoms with Crippen molar-refractivity contribution in [2.24, 2.45) is 11.7 Å². The number of carbonyl (C=O) groups is 1. The molecule has 1 aliphatic rings. The number of piperidine rings is 1. The van der Waals surface area contributed by atoms with E-state index in [-0.39, 0.29) is 11.9 Å². The van der Waals surface area contributed by atoms with Crippen LogP contribution in [0.15, 0.2) is 0 Å². The van der Waals surface area contributed by atoms with E-state index in [0.29, 0.717) is 18.5 Å². The molecule has 0 aromatic heterocycles. The van der Waals surface area contributed by atoms with Gasteiger partial charge in [0.1, 0.15) is 0 Å². The fraction of sp³-hybridized carbons (Fsp3) is 0.923. The standard InChI is InChI=1S/C13H27N3O/c1-10(2)15(4)9-13(17)16-7-5-12(6-8-16)11(3)14/h10-12H,5-9,14H2,1-4H3. The van der Waals surface area contributed by atoms with Crippen molar-refractivity contribution in [3.63, 3.8) is 0 Å². The van der Waals surface area contributed by atoms with E-state index in [2.05, 4.69) is 25.7 Å². The number of rotatable bonds is 4. The predicted molar refractivity (Wildman–Crippen MR) is 70.7 cm³/mol. The molecule has 1 heterocycles. The average Bonchev–Trinajstić information content (AvgIpc) is 2.28. The predicted octanol–water partition coefficient (Wildman–Crippen LogP) is 0.912. The number of nitrogens with two attached hydrogens (primary N) is 1. The largest absolute Gasteiger partial charge is 0.342 e. The first-order valence-electron chi connectivity index (χ1n) is 6.65. The van der Waals surface area contributed by atoms with Crippen molar-refractivity contribution < 1.29 is 4.79 Å². The number of nitrogens with zero attached hydrogens (tertiary/aromatic N) is 2. The molecule has 1 fully saturated rings. The van der Waals surface area contributed by atoms with Crippen LogP contribution in [0, 0.1) is 5.92 Å². The maximum atomic E-state index is 12.0. The lowest BCUT2D eigenvalue weighted by Crippen LogP contribution is -2.46. The van der Waals surface area contributed by atoms with Crippen LogP contribution in [0.1, 0.15) is 33.6 Å².